The SMILES string of the molecule is Cc1cc2c(cc1C)[C@@H]1C(=O)c3ccc4c(c3O[C@@H]1CO2)C[C@H]([C@]1(C)COC(C)(C)O1)O4. The molecule has 0 aliphatic carbocycles. The Morgan fingerprint density at radius 1 is 1.00 bits per heavy atom. The van der Waals surface area contributed by atoms with Crippen molar-refractivity contribution in [1.29, 1.82) is 0 Å². The van der Waals surface area contributed by atoms with E-state index >= 15 is 0 Å². The zero-order valence-electron chi connectivity index (χ0n) is 19.1. The van der Waals surface area contributed by atoms with Gasteiger partial charge in [0.1, 0.15) is 41.7 Å². The molecule has 1 saturated heterocycles. The molecule has 0 bridgehead atoms. The van der Waals surface area contributed by atoms with E-state index in [1.165, 1.54) is 0 Å². The first-order chi connectivity index (χ1) is 15.2. The molecule has 4 atom stereocenters. The van der Waals surface area contributed by atoms with Gasteiger partial charge in [0.2, 0.25) is 0 Å². The molecule has 6 nitrogen and oxygen atoms in total. The molecule has 6 heteroatoms. The normalized spacial score (nSPS) is 31.5. The summed E-state index contributed by atoms with van der Waals surface area (Å²) in [6, 6.07) is 7.82. The first-order valence-electron chi connectivity index (χ1n) is 11.3. The van der Waals surface area contributed by atoms with E-state index in [1.807, 2.05) is 39.0 Å². The fourth-order valence-electron chi connectivity index (χ4n) is 5.44. The summed E-state index contributed by atoms with van der Waals surface area (Å²) in [5.41, 5.74) is 4.20. The largest absolute Gasteiger partial charge is 0.489 e. The second-order valence-corrected chi connectivity index (χ2v) is 10.1. The lowest BCUT2D eigenvalue weighted by Gasteiger charge is -2.37. The number of rotatable bonds is 1. The van der Waals surface area contributed by atoms with Gasteiger partial charge in [-0.05, 0) is 63.9 Å². The van der Waals surface area contributed by atoms with Crippen molar-refractivity contribution in [1.82, 2.24) is 0 Å². The van der Waals surface area contributed by atoms with Crippen molar-refractivity contribution in [3.05, 3.63) is 52.1 Å². The number of aryl methyl sites for hydroxylation is 2. The number of hydrogen-bond donors (Lipinski definition) is 0. The average Bonchev–Trinajstić information content (AvgIpc) is 3.30. The van der Waals surface area contributed by atoms with Crippen LogP contribution in [0.1, 0.15) is 59.3 Å². The molecule has 168 valence electrons. The van der Waals surface area contributed by atoms with Crippen LogP contribution in [0.2, 0.25) is 0 Å². The maximum atomic E-state index is 13.7. The van der Waals surface area contributed by atoms with Crippen molar-refractivity contribution in [3.63, 3.8) is 0 Å². The van der Waals surface area contributed by atoms with Crippen LogP contribution in [0.3, 0.4) is 0 Å². The predicted molar refractivity (Wildman–Crippen MR) is 117 cm³/mol. The number of benzene rings is 2. The van der Waals surface area contributed by atoms with E-state index in [4.69, 9.17) is 23.7 Å². The summed E-state index contributed by atoms with van der Waals surface area (Å²) in [4.78, 5) is 13.7. The second kappa shape index (κ2) is 6.49. The lowest BCUT2D eigenvalue weighted by atomic mass is 9.80. The maximum Gasteiger partial charge on any atom is 0.178 e. The van der Waals surface area contributed by atoms with Gasteiger partial charge in [0.05, 0.1) is 18.1 Å². The Labute approximate surface area is 187 Å². The van der Waals surface area contributed by atoms with Crippen LogP contribution in [0, 0.1) is 13.8 Å². The molecule has 2 aromatic carbocycles. The summed E-state index contributed by atoms with van der Waals surface area (Å²) in [7, 11) is 0. The third-order valence-electron chi connectivity index (χ3n) is 7.30. The Morgan fingerprint density at radius 3 is 2.53 bits per heavy atom. The molecule has 0 amide bonds. The topological polar surface area (TPSA) is 63.2 Å². The lowest BCUT2D eigenvalue weighted by Crippen LogP contribution is -2.46. The van der Waals surface area contributed by atoms with Crippen LogP contribution in [0.25, 0.3) is 0 Å². The predicted octanol–water partition coefficient (Wildman–Crippen LogP) is 4.27. The van der Waals surface area contributed by atoms with E-state index in [-0.39, 0.29) is 23.9 Å². The van der Waals surface area contributed by atoms with E-state index in [9.17, 15) is 4.79 Å². The highest BCUT2D eigenvalue weighted by molar-refractivity contribution is 6.05. The molecule has 32 heavy (non-hydrogen) atoms. The second-order valence-electron chi connectivity index (χ2n) is 10.1. The van der Waals surface area contributed by atoms with Crippen molar-refractivity contribution in [2.45, 2.75) is 70.6 Å². The average molecular weight is 437 g/mol. The van der Waals surface area contributed by atoms with Crippen LogP contribution in [0.15, 0.2) is 24.3 Å². The number of ketones is 1. The molecule has 0 N–H and O–H groups in total. The highest BCUT2D eigenvalue weighted by Crippen LogP contribution is 2.49. The van der Waals surface area contributed by atoms with Crippen molar-refractivity contribution in [2.75, 3.05) is 13.2 Å². The van der Waals surface area contributed by atoms with Gasteiger partial charge in [0.25, 0.3) is 0 Å². The first-order valence-corrected chi connectivity index (χ1v) is 11.3. The number of carbonyl (C=O) groups excluding carboxylic acids is 1. The van der Waals surface area contributed by atoms with Gasteiger partial charge in [-0.3, -0.25) is 4.79 Å². The summed E-state index contributed by atoms with van der Waals surface area (Å²) in [6.07, 6.45) is 0.0430. The monoisotopic (exact) mass is 436 g/mol. The van der Waals surface area contributed by atoms with Gasteiger partial charge in [-0.2, -0.15) is 0 Å². The fourth-order valence-corrected chi connectivity index (χ4v) is 5.44. The van der Waals surface area contributed by atoms with Crippen LogP contribution in [-0.4, -0.2) is 42.6 Å². The van der Waals surface area contributed by atoms with Crippen LogP contribution in [0.4, 0.5) is 0 Å². The minimum Gasteiger partial charge on any atom is -0.489 e. The van der Waals surface area contributed by atoms with Crippen molar-refractivity contribution in [2.24, 2.45) is 0 Å². The highest BCUT2D eigenvalue weighted by Gasteiger charge is 2.52. The first kappa shape index (κ1) is 20.1. The third-order valence-corrected chi connectivity index (χ3v) is 7.30. The fraction of sp³-hybridized carbons (Fsp3) is 0.500. The molecule has 4 aliphatic rings. The zero-order valence-corrected chi connectivity index (χ0v) is 19.1. The Balaban J connectivity index is 1.36. The molecule has 0 saturated carbocycles. The molecule has 4 heterocycles. The van der Waals surface area contributed by atoms with Gasteiger partial charge in [0, 0.05) is 17.5 Å². The number of carbonyl (C=O) groups is 1. The lowest BCUT2D eigenvalue weighted by molar-refractivity contribution is -0.173. The third kappa shape index (κ3) is 2.82. The Kier molecular flexibility index (Phi) is 4.07. The van der Waals surface area contributed by atoms with Crippen molar-refractivity contribution >= 4 is 5.78 Å². The molecule has 0 radical (unpaired) electrons. The highest BCUT2D eigenvalue weighted by atomic mass is 16.8. The molecule has 2 aromatic rings. The van der Waals surface area contributed by atoms with Gasteiger partial charge >= 0.3 is 0 Å². The summed E-state index contributed by atoms with van der Waals surface area (Å²) in [5, 5.41) is 0. The molecule has 0 spiro atoms. The molecular formula is C26H28O6. The smallest absolute Gasteiger partial charge is 0.178 e. The molecule has 6 rings (SSSR count). The molecule has 4 aliphatic heterocycles. The Bertz CT molecular complexity index is 1150. The van der Waals surface area contributed by atoms with Crippen LogP contribution < -0.4 is 14.2 Å². The zero-order chi connectivity index (χ0) is 22.4. The minimum atomic E-state index is -0.644. The van der Waals surface area contributed by atoms with E-state index in [1.54, 1.807) is 0 Å². The summed E-state index contributed by atoms with van der Waals surface area (Å²) >= 11 is 0. The number of ether oxygens (including phenoxy) is 5. The van der Waals surface area contributed by atoms with Crippen molar-refractivity contribution in [3.8, 4) is 17.2 Å². The quantitative estimate of drug-likeness (QED) is 0.665. The van der Waals surface area contributed by atoms with E-state index in [2.05, 4.69) is 19.9 Å². The van der Waals surface area contributed by atoms with Crippen LogP contribution in [0.5, 0.6) is 17.2 Å². The number of Topliss-reactive ketones (excluding diaryl/α,β-unsaturated/α-hetero) is 1. The maximum absolute atomic E-state index is 13.7. The molecular weight excluding hydrogens is 408 g/mol. The van der Waals surface area contributed by atoms with Gasteiger partial charge in [-0.1, -0.05) is 6.07 Å². The van der Waals surface area contributed by atoms with Crippen LogP contribution in [-0.2, 0) is 15.9 Å². The number of fused-ring (bicyclic) bond motifs is 6. The minimum absolute atomic E-state index is 0.0862. The van der Waals surface area contributed by atoms with E-state index in [0.717, 1.165) is 33.8 Å². The molecule has 0 aromatic heterocycles. The van der Waals surface area contributed by atoms with Gasteiger partial charge < -0.3 is 23.7 Å². The molecule has 0 unspecified atom stereocenters. The summed E-state index contributed by atoms with van der Waals surface area (Å²) in [6.45, 7) is 10.8. The molecule has 1 fully saturated rings. The van der Waals surface area contributed by atoms with Crippen molar-refractivity contribution < 1.29 is 28.5 Å². The van der Waals surface area contributed by atoms with Gasteiger partial charge in [0.15, 0.2) is 11.6 Å². The Morgan fingerprint density at radius 2 is 1.78 bits per heavy atom. The Hall–Kier alpha value is -2.57. The van der Waals surface area contributed by atoms with Gasteiger partial charge in [-0.25, -0.2) is 0 Å². The van der Waals surface area contributed by atoms with Gasteiger partial charge in [-0.15, -0.1) is 0 Å². The summed E-state index contributed by atoms with van der Waals surface area (Å²) in [5.74, 6) is 1.25. The number of hydrogen-bond acceptors (Lipinski definition) is 6. The summed E-state index contributed by atoms with van der Waals surface area (Å²) < 4.78 is 30.8. The van der Waals surface area contributed by atoms with E-state index < -0.39 is 11.4 Å². The van der Waals surface area contributed by atoms with Crippen LogP contribution >= 0.6 is 0 Å². The van der Waals surface area contributed by atoms with E-state index in [0.29, 0.717) is 30.9 Å². The standard InChI is InChI=1S/C26H28O6/c1-13-8-16-19(9-14(13)2)28-11-20-22(16)23(27)15-6-7-18-17(24(15)31-20)10-21(30-18)26(5)12-29-25(3,4)32-26/h6-9,20-22H,10-12H2,1-5H3/t20-,21-,22+,26+/m1/s1.